The first-order valence-electron chi connectivity index (χ1n) is 7.96. The maximum atomic E-state index is 12.9. The van der Waals surface area contributed by atoms with E-state index in [4.69, 9.17) is 16.3 Å². The van der Waals surface area contributed by atoms with E-state index in [0.717, 1.165) is 0 Å². The van der Waals surface area contributed by atoms with Crippen LogP contribution in [0.2, 0.25) is 5.02 Å². The van der Waals surface area contributed by atoms with Crippen LogP contribution in [0.15, 0.2) is 58.2 Å². The van der Waals surface area contributed by atoms with E-state index in [-0.39, 0.29) is 21.4 Å². The van der Waals surface area contributed by atoms with Gasteiger partial charge in [-0.25, -0.2) is 13.1 Å². The predicted molar refractivity (Wildman–Crippen MR) is 105 cm³/mol. The molecular weight excluding hydrogens is 390 g/mol. The molecular formula is C18H18ClN3O4S. The number of hydrogen-bond donors (Lipinski definition) is 1. The number of sulfonamides is 1. The van der Waals surface area contributed by atoms with E-state index in [1.807, 2.05) is 6.07 Å². The SMILES string of the molecule is COc1ccc(Cl)cc1S(=O)(=O)Nc1c(C)n(C)n(-c2ccccc2)c1=O. The maximum absolute atomic E-state index is 12.9. The molecule has 1 aromatic heterocycles. The Balaban J connectivity index is 2.12. The quantitative estimate of drug-likeness (QED) is 0.704. The van der Waals surface area contributed by atoms with Crippen LogP contribution in [-0.4, -0.2) is 24.9 Å². The molecule has 0 aliphatic heterocycles. The van der Waals surface area contributed by atoms with Gasteiger partial charge in [0.25, 0.3) is 15.6 Å². The number of anilines is 1. The Morgan fingerprint density at radius 3 is 2.41 bits per heavy atom. The van der Waals surface area contributed by atoms with Crippen molar-refractivity contribution in [1.82, 2.24) is 9.36 Å². The van der Waals surface area contributed by atoms with Crippen molar-refractivity contribution >= 4 is 27.3 Å². The molecule has 0 saturated heterocycles. The molecule has 0 radical (unpaired) electrons. The molecule has 1 heterocycles. The molecule has 7 nitrogen and oxygen atoms in total. The number of hydrogen-bond acceptors (Lipinski definition) is 4. The molecule has 0 atom stereocenters. The Morgan fingerprint density at radius 2 is 1.78 bits per heavy atom. The zero-order valence-electron chi connectivity index (χ0n) is 14.9. The highest BCUT2D eigenvalue weighted by atomic mass is 35.5. The zero-order valence-corrected chi connectivity index (χ0v) is 16.5. The van der Waals surface area contributed by atoms with Gasteiger partial charge in [-0.2, -0.15) is 0 Å². The molecule has 0 amide bonds. The van der Waals surface area contributed by atoms with Crippen LogP contribution in [0.25, 0.3) is 5.69 Å². The lowest BCUT2D eigenvalue weighted by Crippen LogP contribution is -2.23. The van der Waals surface area contributed by atoms with E-state index in [9.17, 15) is 13.2 Å². The second-order valence-electron chi connectivity index (χ2n) is 5.84. The van der Waals surface area contributed by atoms with Crippen molar-refractivity contribution in [3.05, 3.63) is 69.6 Å². The molecule has 0 spiro atoms. The first-order chi connectivity index (χ1) is 12.8. The fourth-order valence-electron chi connectivity index (χ4n) is 2.74. The molecule has 0 saturated carbocycles. The molecule has 3 aromatic rings. The summed E-state index contributed by atoms with van der Waals surface area (Å²) in [6.45, 7) is 1.66. The summed E-state index contributed by atoms with van der Waals surface area (Å²) in [7, 11) is -1.05. The lowest BCUT2D eigenvalue weighted by Gasteiger charge is -2.11. The Kier molecular flexibility index (Phi) is 5.03. The second-order valence-corrected chi connectivity index (χ2v) is 7.92. The number of ether oxygens (including phenoxy) is 1. The molecule has 0 fully saturated rings. The molecule has 0 bridgehead atoms. The Morgan fingerprint density at radius 1 is 1.11 bits per heavy atom. The maximum Gasteiger partial charge on any atom is 0.296 e. The second kappa shape index (κ2) is 7.13. The number of rotatable bonds is 5. The summed E-state index contributed by atoms with van der Waals surface area (Å²) in [5, 5.41) is 0.239. The summed E-state index contributed by atoms with van der Waals surface area (Å²) in [4.78, 5) is 12.8. The van der Waals surface area contributed by atoms with Gasteiger partial charge in [-0.3, -0.25) is 14.2 Å². The fraction of sp³-hybridized carbons (Fsp3) is 0.167. The van der Waals surface area contributed by atoms with Gasteiger partial charge in [-0.1, -0.05) is 29.8 Å². The van der Waals surface area contributed by atoms with E-state index >= 15 is 0 Å². The van der Waals surface area contributed by atoms with Crippen LogP contribution in [0, 0.1) is 6.92 Å². The fourth-order valence-corrected chi connectivity index (χ4v) is 4.28. The number of aromatic nitrogens is 2. The molecule has 142 valence electrons. The van der Waals surface area contributed by atoms with Gasteiger partial charge in [0.15, 0.2) is 0 Å². The van der Waals surface area contributed by atoms with Gasteiger partial charge in [-0.15, -0.1) is 0 Å². The van der Waals surface area contributed by atoms with Crippen molar-refractivity contribution in [2.24, 2.45) is 7.05 Å². The summed E-state index contributed by atoms with van der Waals surface area (Å²) >= 11 is 5.94. The average molecular weight is 408 g/mol. The number of methoxy groups -OCH3 is 1. The van der Waals surface area contributed by atoms with Crippen LogP contribution in [0.5, 0.6) is 5.75 Å². The van der Waals surface area contributed by atoms with Crippen molar-refractivity contribution < 1.29 is 13.2 Å². The number of benzene rings is 2. The standard InChI is InChI=1S/C18H18ClN3O4S/c1-12-17(18(23)22(21(12)2)14-7-5-4-6-8-14)20-27(24,25)16-11-13(19)9-10-15(16)26-3/h4-11,20H,1-3H3. The van der Waals surface area contributed by atoms with E-state index in [1.165, 1.54) is 30.0 Å². The number of nitrogens with one attached hydrogen (secondary N) is 1. The lowest BCUT2D eigenvalue weighted by molar-refractivity contribution is 0.403. The van der Waals surface area contributed by atoms with Crippen LogP contribution in [-0.2, 0) is 17.1 Å². The van der Waals surface area contributed by atoms with Crippen molar-refractivity contribution in [3.63, 3.8) is 0 Å². The summed E-state index contributed by atoms with van der Waals surface area (Å²) < 4.78 is 36.3. The Labute approximate surface area is 161 Å². The number of para-hydroxylation sites is 1. The smallest absolute Gasteiger partial charge is 0.296 e. The van der Waals surface area contributed by atoms with E-state index in [1.54, 1.807) is 42.9 Å². The minimum atomic E-state index is -4.10. The van der Waals surface area contributed by atoms with Crippen molar-refractivity contribution in [2.75, 3.05) is 11.8 Å². The van der Waals surface area contributed by atoms with Gasteiger partial charge in [0, 0.05) is 12.1 Å². The first-order valence-corrected chi connectivity index (χ1v) is 9.82. The Bertz CT molecular complexity index is 1150. The summed E-state index contributed by atoms with van der Waals surface area (Å²) in [5.41, 5.74) is 0.571. The topological polar surface area (TPSA) is 82.3 Å². The van der Waals surface area contributed by atoms with Crippen LogP contribution in [0.1, 0.15) is 5.69 Å². The minimum Gasteiger partial charge on any atom is -0.495 e. The molecule has 3 rings (SSSR count). The van der Waals surface area contributed by atoms with Gasteiger partial charge in [0.1, 0.15) is 16.3 Å². The molecule has 9 heteroatoms. The molecule has 0 aliphatic carbocycles. The first kappa shape index (κ1) is 19.1. The molecule has 27 heavy (non-hydrogen) atoms. The molecule has 2 aromatic carbocycles. The zero-order chi connectivity index (χ0) is 19.8. The molecule has 0 unspecified atom stereocenters. The summed E-state index contributed by atoms with van der Waals surface area (Å²) in [6.07, 6.45) is 0. The van der Waals surface area contributed by atoms with Gasteiger partial charge in [-0.05, 0) is 37.3 Å². The molecule has 1 N–H and O–H groups in total. The monoisotopic (exact) mass is 407 g/mol. The van der Waals surface area contributed by atoms with Gasteiger partial charge >= 0.3 is 0 Å². The largest absolute Gasteiger partial charge is 0.495 e. The minimum absolute atomic E-state index is 0.0385. The Hall–Kier alpha value is -2.71. The van der Waals surface area contributed by atoms with Crippen LogP contribution in [0.3, 0.4) is 0 Å². The number of halogens is 1. The third kappa shape index (κ3) is 3.45. The van der Waals surface area contributed by atoms with Gasteiger partial charge in [0.2, 0.25) is 0 Å². The average Bonchev–Trinajstić information content (AvgIpc) is 2.85. The van der Waals surface area contributed by atoms with E-state index in [2.05, 4.69) is 4.72 Å². The van der Waals surface area contributed by atoms with Gasteiger partial charge < -0.3 is 4.74 Å². The lowest BCUT2D eigenvalue weighted by atomic mass is 10.3. The van der Waals surface area contributed by atoms with Gasteiger partial charge in [0.05, 0.1) is 18.5 Å². The van der Waals surface area contributed by atoms with Crippen molar-refractivity contribution in [3.8, 4) is 11.4 Å². The summed E-state index contributed by atoms with van der Waals surface area (Å²) in [5.74, 6) is 0.129. The third-order valence-electron chi connectivity index (χ3n) is 4.21. The highest BCUT2D eigenvalue weighted by Crippen LogP contribution is 2.29. The predicted octanol–water partition coefficient (Wildman–Crippen LogP) is 2.95. The van der Waals surface area contributed by atoms with Crippen molar-refractivity contribution in [1.29, 1.82) is 0 Å². The highest BCUT2D eigenvalue weighted by Gasteiger charge is 2.25. The molecule has 0 aliphatic rings. The van der Waals surface area contributed by atoms with Crippen LogP contribution >= 0.6 is 11.6 Å². The van der Waals surface area contributed by atoms with E-state index in [0.29, 0.717) is 11.4 Å². The number of nitrogens with zero attached hydrogens (tertiary/aromatic N) is 2. The van der Waals surface area contributed by atoms with Crippen LogP contribution < -0.4 is 15.0 Å². The third-order valence-corrected chi connectivity index (χ3v) is 5.81. The van der Waals surface area contributed by atoms with E-state index < -0.39 is 15.6 Å². The normalized spacial score (nSPS) is 11.4. The van der Waals surface area contributed by atoms with Crippen LogP contribution in [0.4, 0.5) is 5.69 Å². The summed E-state index contributed by atoms with van der Waals surface area (Å²) in [6, 6.07) is 13.2. The van der Waals surface area contributed by atoms with Crippen molar-refractivity contribution in [2.45, 2.75) is 11.8 Å². The highest BCUT2D eigenvalue weighted by molar-refractivity contribution is 7.92.